The molecule has 0 atom stereocenters. The van der Waals surface area contributed by atoms with Crippen LogP contribution in [-0.4, -0.2) is 66.5 Å². The summed E-state index contributed by atoms with van der Waals surface area (Å²) >= 11 is 2.34. The number of ether oxygens (including phenoxy) is 2. The van der Waals surface area contributed by atoms with Crippen molar-refractivity contribution in [3.63, 3.8) is 0 Å². The molecule has 0 aliphatic carbocycles. The van der Waals surface area contributed by atoms with Gasteiger partial charge in [-0.1, -0.05) is 0 Å². The van der Waals surface area contributed by atoms with Gasteiger partial charge in [0.1, 0.15) is 13.2 Å². The lowest BCUT2D eigenvalue weighted by atomic mass is 10.3. The molecule has 2 fully saturated rings. The fraction of sp³-hybridized carbons (Fsp3) is 0.385. The quantitative estimate of drug-likeness (QED) is 0.284. The summed E-state index contributed by atoms with van der Waals surface area (Å²) in [5, 5.41) is 1.25. The van der Waals surface area contributed by atoms with E-state index in [1.807, 2.05) is 0 Å². The third kappa shape index (κ3) is 5.02. The van der Waals surface area contributed by atoms with Gasteiger partial charge >= 0.3 is 0 Å². The summed E-state index contributed by atoms with van der Waals surface area (Å²) in [5.41, 5.74) is 4.33. The molecule has 0 bridgehead atoms. The molecule has 2 aliphatic rings. The zero-order chi connectivity index (χ0) is 24.4. The molecule has 3 heterocycles. The first-order valence-corrected chi connectivity index (χ1v) is 14.7. The molecule has 2 aliphatic heterocycles. The molecule has 2 aromatic carbocycles. The van der Waals surface area contributed by atoms with Gasteiger partial charge in [-0.15, -0.1) is 0 Å². The van der Waals surface area contributed by atoms with Crippen LogP contribution in [0.25, 0.3) is 5.69 Å². The molecule has 2 saturated heterocycles. The van der Waals surface area contributed by atoms with Crippen LogP contribution in [0.5, 0.6) is 0 Å². The number of morpholine rings is 2. The molecular formula is C26H31FIN4O2P. The summed E-state index contributed by atoms with van der Waals surface area (Å²) in [6.45, 7) is 10.3. The zero-order valence-corrected chi connectivity index (χ0v) is 23.2. The van der Waals surface area contributed by atoms with E-state index in [-0.39, 0.29) is 5.82 Å². The van der Waals surface area contributed by atoms with Crippen molar-refractivity contribution < 1.29 is 13.9 Å². The van der Waals surface area contributed by atoms with Crippen molar-refractivity contribution in [1.29, 1.82) is 0 Å². The second-order valence-electron chi connectivity index (χ2n) is 8.85. The van der Waals surface area contributed by atoms with Crippen LogP contribution in [0.1, 0.15) is 11.4 Å². The minimum Gasteiger partial charge on any atom is -0.379 e. The molecule has 0 amide bonds. The van der Waals surface area contributed by atoms with Gasteiger partial charge in [-0.3, -0.25) is 0 Å². The Labute approximate surface area is 220 Å². The summed E-state index contributed by atoms with van der Waals surface area (Å²) in [7, 11) is -2.42. The molecule has 0 radical (unpaired) electrons. The number of hydrogen-bond acceptors (Lipinski definition) is 3. The molecule has 35 heavy (non-hydrogen) atoms. The first-order valence-electron chi connectivity index (χ1n) is 12.0. The van der Waals surface area contributed by atoms with Crippen molar-refractivity contribution in [3.8, 4) is 5.69 Å². The first-order chi connectivity index (χ1) is 17.0. The minimum atomic E-state index is -2.42. The van der Waals surface area contributed by atoms with Gasteiger partial charge in [0.05, 0.1) is 32.1 Å². The topological polar surface area (TPSA) is 42.2 Å². The lowest BCUT2D eigenvalue weighted by molar-refractivity contribution is 0.0579. The van der Waals surface area contributed by atoms with Crippen molar-refractivity contribution in [2.45, 2.75) is 13.8 Å². The van der Waals surface area contributed by atoms with Gasteiger partial charge in [-0.25, -0.2) is 18.5 Å². The normalized spacial score (nSPS) is 18.1. The lowest BCUT2D eigenvalue weighted by Gasteiger charge is -2.46. The molecule has 5 rings (SSSR count). The second kappa shape index (κ2) is 10.8. The Kier molecular flexibility index (Phi) is 7.77. The summed E-state index contributed by atoms with van der Waals surface area (Å²) < 4.78 is 39.5. The van der Waals surface area contributed by atoms with Crippen LogP contribution in [0.2, 0.25) is 0 Å². The van der Waals surface area contributed by atoms with Crippen LogP contribution in [0.15, 0.2) is 59.3 Å². The number of benzene rings is 2. The Morgan fingerprint density at radius 2 is 1.37 bits per heavy atom. The smallest absolute Gasteiger partial charge is 0.134 e. The largest absolute Gasteiger partial charge is 0.379 e. The van der Waals surface area contributed by atoms with E-state index < -0.39 is 7.36 Å². The van der Waals surface area contributed by atoms with E-state index in [0.717, 1.165) is 37.6 Å². The summed E-state index contributed by atoms with van der Waals surface area (Å²) in [5.74, 6) is -0.248. The van der Waals surface area contributed by atoms with Gasteiger partial charge in [-0.05, 0) is 91.0 Å². The van der Waals surface area contributed by atoms with Gasteiger partial charge in [0.15, 0.2) is 0 Å². The number of aryl methyl sites for hydroxylation is 1. The first kappa shape index (κ1) is 25.1. The minimum absolute atomic E-state index is 0.248. The van der Waals surface area contributed by atoms with Gasteiger partial charge < -0.3 is 14.0 Å². The van der Waals surface area contributed by atoms with Crippen molar-refractivity contribution in [2.75, 3.05) is 52.6 Å². The van der Waals surface area contributed by atoms with Crippen molar-refractivity contribution in [2.24, 2.45) is 4.74 Å². The molecule has 186 valence electrons. The molecular weight excluding hydrogens is 577 g/mol. The van der Waals surface area contributed by atoms with E-state index in [9.17, 15) is 4.39 Å². The van der Waals surface area contributed by atoms with Gasteiger partial charge in [0.2, 0.25) is 0 Å². The maximum atomic E-state index is 13.8. The van der Waals surface area contributed by atoms with Crippen molar-refractivity contribution >= 4 is 40.9 Å². The third-order valence-electron chi connectivity index (χ3n) is 6.66. The molecule has 0 N–H and O–H groups in total. The summed E-state index contributed by atoms with van der Waals surface area (Å²) in [6, 6.07) is 17.5. The second-order valence-corrected chi connectivity index (χ2v) is 13.0. The van der Waals surface area contributed by atoms with E-state index in [1.165, 1.54) is 32.4 Å². The number of nitrogens with zero attached hydrogens (tertiary/aromatic N) is 4. The average molecular weight is 608 g/mol. The fourth-order valence-corrected chi connectivity index (χ4v) is 9.51. The van der Waals surface area contributed by atoms with Crippen LogP contribution in [0.3, 0.4) is 0 Å². The number of rotatable bonds is 5. The number of hydrogen-bond donors (Lipinski definition) is 0. The van der Waals surface area contributed by atoms with Gasteiger partial charge in [0, 0.05) is 52.1 Å². The van der Waals surface area contributed by atoms with Gasteiger partial charge in [-0.2, -0.15) is 0 Å². The van der Waals surface area contributed by atoms with Crippen LogP contribution in [0, 0.1) is 23.2 Å². The van der Waals surface area contributed by atoms with E-state index in [1.54, 1.807) is 12.1 Å². The number of aromatic nitrogens is 1. The van der Waals surface area contributed by atoms with E-state index >= 15 is 0 Å². The standard InChI is InChI=1S/C26H31FIN4O2P/c1-20-19-26(21(2)32(20)25-9-5-23(28)6-10-25)35(30-11-15-33-16-12-30,31-13-17-34-18-14-31)29-24-7-3-22(27)4-8-24/h3-10,19H,11-18H2,1-2H3. The highest BCUT2D eigenvalue weighted by atomic mass is 127. The van der Waals surface area contributed by atoms with Crippen LogP contribution >= 0.6 is 29.9 Å². The molecule has 0 spiro atoms. The Hall–Kier alpha value is -1.55. The van der Waals surface area contributed by atoms with Crippen molar-refractivity contribution in [3.05, 3.63) is 75.4 Å². The van der Waals surface area contributed by atoms with Crippen molar-refractivity contribution in [1.82, 2.24) is 13.9 Å². The molecule has 9 heteroatoms. The molecule has 6 nitrogen and oxygen atoms in total. The fourth-order valence-electron chi connectivity index (χ4n) is 5.04. The van der Waals surface area contributed by atoms with E-state index in [0.29, 0.717) is 26.4 Å². The molecule has 3 aromatic rings. The van der Waals surface area contributed by atoms with E-state index in [4.69, 9.17) is 14.2 Å². The Bertz CT molecular complexity index is 1200. The zero-order valence-electron chi connectivity index (χ0n) is 20.2. The maximum Gasteiger partial charge on any atom is 0.134 e. The highest BCUT2D eigenvalue weighted by Gasteiger charge is 2.40. The average Bonchev–Trinajstić information content (AvgIpc) is 3.19. The van der Waals surface area contributed by atoms with Crippen LogP contribution in [0.4, 0.5) is 10.1 Å². The molecule has 0 saturated carbocycles. The SMILES string of the molecule is Cc1cc(P(=Nc2ccc(F)cc2)(N2CCOCC2)N2CCOCC2)c(C)n1-c1ccc(I)cc1. The maximum absolute atomic E-state index is 13.8. The molecule has 1 aromatic heterocycles. The number of halogens is 2. The van der Waals surface area contributed by atoms with Gasteiger partial charge in [0.25, 0.3) is 0 Å². The molecule has 0 unspecified atom stereocenters. The monoisotopic (exact) mass is 608 g/mol. The van der Waals surface area contributed by atoms with Crippen LogP contribution < -0.4 is 5.30 Å². The Morgan fingerprint density at radius 1 is 0.829 bits per heavy atom. The Morgan fingerprint density at radius 3 is 1.91 bits per heavy atom. The lowest BCUT2D eigenvalue weighted by Crippen LogP contribution is -2.46. The highest BCUT2D eigenvalue weighted by Crippen LogP contribution is 2.59. The van der Waals surface area contributed by atoms with Crippen LogP contribution in [-0.2, 0) is 9.47 Å². The predicted octanol–water partition coefficient (Wildman–Crippen LogP) is 5.49. The van der Waals surface area contributed by atoms with E-state index in [2.05, 4.69) is 80.7 Å². The predicted molar refractivity (Wildman–Crippen MR) is 148 cm³/mol. The third-order valence-corrected chi connectivity index (χ3v) is 11.4. The summed E-state index contributed by atoms with van der Waals surface area (Å²) in [4.78, 5) is 0. The summed E-state index contributed by atoms with van der Waals surface area (Å²) in [6.07, 6.45) is 0. The Balaban J connectivity index is 1.77. The highest BCUT2D eigenvalue weighted by molar-refractivity contribution is 14.1.